The van der Waals surface area contributed by atoms with E-state index in [1.807, 2.05) is 12.1 Å². The summed E-state index contributed by atoms with van der Waals surface area (Å²) in [5.74, 6) is 0.736. The van der Waals surface area contributed by atoms with Gasteiger partial charge in [-0.25, -0.2) is 0 Å². The van der Waals surface area contributed by atoms with Crippen LogP contribution in [0.5, 0.6) is 5.75 Å². The van der Waals surface area contributed by atoms with E-state index in [-0.39, 0.29) is 5.78 Å². The Kier molecular flexibility index (Phi) is 3.64. The van der Waals surface area contributed by atoms with E-state index in [4.69, 9.17) is 9.47 Å². The molecule has 4 heteroatoms. The molecule has 0 saturated carbocycles. The van der Waals surface area contributed by atoms with Crippen molar-refractivity contribution in [1.82, 2.24) is 0 Å². The minimum atomic E-state index is 0.0372. The molecule has 0 atom stereocenters. The molecule has 1 aliphatic carbocycles. The fourth-order valence-electron chi connectivity index (χ4n) is 2.01. The minimum absolute atomic E-state index is 0.0372. The lowest BCUT2D eigenvalue weighted by molar-refractivity contribution is 0.101. The Morgan fingerprint density at radius 1 is 1.18 bits per heavy atom. The summed E-state index contributed by atoms with van der Waals surface area (Å²) < 4.78 is 10.2. The highest BCUT2D eigenvalue weighted by atomic mass is 79.9. The summed E-state index contributed by atoms with van der Waals surface area (Å²) in [4.78, 5) is 12.2. The molecule has 2 rings (SSSR count). The first kappa shape index (κ1) is 12.3. The van der Waals surface area contributed by atoms with Crippen molar-refractivity contribution in [3.63, 3.8) is 0 Å². The van der Waals surface area contributed by atoms with Crippen LogP contribution in [0, 0.1) is 0 Å². The van der Waals surface area contributed by atoms with Crippen molar-refractivity contribution in [3.8, 4) is 5.75 Å². The summed E-state index contributed by atoms with van der Waals surface area (Å²) in [7, 11) is 3.19. The van der Waals surface area contributed by atoms with Gasteiger partial charge in [-0.05, 0) is 23.3 Å². The number of alkyl halides is 1. The van der Waals surface area contributed by atoms with E-state index in [1.165, 1.54) is 0 Å². The van der Waals surface area contributed by atoms with Crippen LogP contribution in [-0.2, 0) is 4.74 Å². The van der Waals surface area contributed by atoms with Crippen LogP contribution in [0.4, 0.5) is 0 Å². The molecule has 0 spiro atoms. The number of fused-ring (bicyclic) bond motifs is 1. The number of ether oxygens (including phenoxy) is 2. The molecule has 0 heterocycles. The van der Waals surface area contributed by atoms with Gasteiger partial charge in [0.05, 0.1) is 13.7 Å². The van der Waals surface area contributed by atoms with Gasteiger partial charge in [-0.15, -0.1) is 0 Å². The maximum Gasteiger partial charge on any atom is 0.192 e. The summed E-state index contributed by atoms with van der Waals surface area (Å²) >= 11 is 3.42. The van der Waals surface area contributed by atoms with Gasteiger partial charge in [-0.3, -0.25) is 4.79 Å². The van der Waals surface area contributed by atoms with Crippen molar-refractivity contribution in [3.05, 3.63) is 34.9 Å². The van der Waals surface area contributed by atoms with E-state index in [2.05, 4.69) is 15.9 Å². The molecule has 0 bridgehead atoms. The number of carbonyl (C=O) groups excluding carboxylic acids is 1. The number of carbonyl (C=O) groups is 1. The van der Waals surface area contributed by atoms with Crippen LogP contribution in [0.25, 0.3) is 5.57 Å². The summed E-state index contributed by atoms with van der Waals surface area (Å²) in [6, 6.07) is 5.57. The van der Waals surface area contributed by atoms with Crippen LogP contribution in [0.15, 0.2) is 23.8 Å². The molecule has 1 aromatic rings. The van der Waals surface area contributed by atoms with Gasteiger partial charge in [0, 0.05) is 23.6 Å². The van der Waals surface area contributed by atoms with Gasteiger partial charge in [-0.2, -0.15) is 0 Å². The maximum absolute atomic E-state index is 12.2. The largest absolute Gasteiger partial charge is 0.497 e. The Hall–Kier alpha value is -1.13. The van der Waals surface area contributed by atoms with Gasteiger partial charge in [0.25, 0.3) is 0 Å². The maximum atomic E-state index is 12.2. The predicted octanol–water partition coefficient (Wildman–Crippen LogP) is 2.69. The smallest absolute Gasteiger partial charge is 0.192 e. The second-order valence-corrected chi connectivity index (χ2v) is 4.33. The second-order valence-electron chi connectivity index (χ2n) is 3.76. The second kappa shape index (κ2) is 5.02. The van der Waals surface area contributed by atoms with Gasteiger partial charge < -0.3 is 9.47 Å². The molecule has 0 aromatic heterocycles. The molecule has 1 aromatic carbocycles. The third kappa shape index (κ3) is 2.03. The molecule has 0 fully saturated rings. The molecule has 0 amide bonds. The molecule has 90 valence electrons. The molecule has 0 radical (unpaired) electrons. The Balaban J connectivity index is 2.51. The minimum Gasteiger partial charge on any atom is -0.497 e. The third-order valence-corrected chi connectivity index (χ3v) is 3.42. The van der Waals surface area contributed by atoms with E-state index < -0.39 is 0 Å². The van der Waals surface area contributed by atoms with E-state index in [0.717, 1.165) is 16.7 Å². The lowest BCUT2D eigenvalue weighted by Gasteiger charge is -2.04. The van der Waals surface area contributed by atoms with Crippen LogP contribution in [0.1, 0.15) is 15.9 Å². The van der Waals surface area contributed by atoms with E-state index in [0.29, 0.717) is 23.2 Å². The zero-order chi connectivity index (χ0) is 12.4. The molecular formula is C13H13BrO3. The van der Waals surface area contributed by atoms with E-state index in [9.17, 15) is 4.79 Å². The van der Waals surface area contributed by atoms with Gasteiger partial charge in [-0.1, -0.05) is 22.0 Å². The Morgan fingerprint density at radius 3 is 2.53 bits per heavy atom. The number of hydrogen-bond donors (Lipinski definition) is 0. The van der Waals surface area contributed by atoms with Gasteiger partial charge in [0.1, 0.15) is 5.75 Å². The highest BCUT2D eigenvalue weighted by molar-refractivity contribution is 9.09. The van der Waals surface area contributed by atoms with Gasteiger partial charge in [0.15, 0.2) is 5.78 Å². The highest BCUT2D eigenvalue weighted by Crippen LogP contribution is 2.35. The molecule has 0 N–H and O–H groups in total. The first-order chi connectivity index (χ1) is 8.22. The van der Waals surface area contributed by atoms with Crippen molar-refractivity contribution < 1.29 is 14.3 Å². The van der Waals surface area contributed by atoms with E-state index >= 15 is 0 Å². The van der Waals surface area contributed by atoms with Crippen LogP contribution in [0.3, 0.4) is 0 Å². The monoisotopic (exact) mass is 296 g/mol. The Bertz CT molecular complexity index is 491. The van der Waals surface area contributed by atoms with Crippen molar-refractivity contribution in [2.24, 2.45) is 0 Å². The molecule has 0 unspecified atom stereocenters. The molecule has 0 saturated heterocycles. The molecule has 17 heavy (non-hydrogen) atoms. The van der Waals surface area contributed by atoms with Crippen LogP contribution < -0.4 is 4.74 Å². The van der Waals surface area contributed by atoms with Crippen LogP contribution in [0.2, 0.25) is 0 Å². The first-order valence-electron chi connectivity index (χ1n) is 5.23. The standard InChI is InChI=1S/C13H13BrO3/c1-16-7-12-11(6-14)9-4-3-8(17-2)5-10(9)13(12)15/h3-5H,6-7H2,1-2H3. The van der Waals surface area contributed by atoms with E-state index in [1.54, 1.807) is 20.3 Å². The zero-order valence-electron chi connectivity index (χ0n) is 9.75. The highest BCUT2D eigenvalue weighted by Gasteiger charge is 2.28. The summed E-state index contributed by atoms with van der Waals surface area (Å²) in [5, 5.41) is 0.650. The summed E-state index contributed by atoms with van der Waals surface area (Å²) in [6.07, 6.45) is 0. The SMILES string of the molecule is COCC1=C(CBr)c2ccc(OC)cc2C1=O. The van der Waals surface area contributed by atoms with Crippen LogP contribution in [-0.4, -0.2) is 31.9 Å². The predicted molar refractivity (Wildman–Crippen MR) is 69.9 cm³/mol. The van der Waals surface area contributed by atoms with Crippen molar-refractivity contribution >= 4 is 27.3 Å². The number of hydrogen-bond acceptors (Lipinski definition) is 3. The summed E-state index contributed by atoms with van der Waals surface area (Å²) in [5.41, 5.74) is 3.41. The number of Topliss-reactive ketones (excluding diaryl/α,β-unsaturated/α-hetero) is 1. The number of methoxy groups -OCH3 is 2. The molecule has 1 aliphatic rings. The Morgan fingerprint density at radius 2 is 1.94 bits per heavy atom. The van der Waals surface area contributed by atoms with Crippen molar-refractivity contribution in [2.45, 2.75) is 0 Å². The third-order valence-electron chi connectivity index (χ3n) is 2.86. The average molecular weight is 297 g/mol. The first-order valence-corrected chi connectivity index (χ1v) is 6.35. The lowest BCUT2D eigenvalue weighted by atomic mass is 10.1. The number of halogens is 1. The fraction of sp³-hybridized carbons (Fsp3) is 0.308. The lowest BCUT2D eigenvalue weighted by Crippen LogP contribution is -2.05. The van der Waals surface area contributed by atoms with Gasteiger partial charge >= 0.3 is 0 Å². The fourth-order valence-corrected chi connectivity index (χ4v) is 2.65. The normalized spacial score (nSPS) is 14.2. The molecular weight excluding hydrogens is 284 g/mol. The number of allylic oxidation sites excluding steroid dienone is 1. The number of ketones is 1. The number of rotatable bonds is 4. The van der Waals surface area contributed by atoms with Gasteiger partial charge in [0.2, 0.25) is 0 Å². The van der Waals surface area contributed by atoms with Crippen molar-refractivity contribution in [1.29, 1.82) is 0 Å². The van der Waals surface area contributed by atoms with Crippen molar-refractivity contribution in [2.75, 3.05) is 26.2 Å². The average Bonchev–Trinajstić information content (AvgIpc) is 2.62. The summed E-state index contributed by atoms with van der Waals surface area (Å²) in [6.45, 7) is 0.344. The Labute approximate surface area is 109 Å². The zero-order valence-corrected chi connectivity index (χ0v) is 11.3. The molecule has 0 aliphatic heterocycles. The quantitative estimate of drug-likeness (QED) is 0.802. The molecule has 3 nitrogen and oxygen atoms in total. The topological polar surface area (TPSA) is 35.5 Å². The number of benzene rings is 1. The van der Waals surface area contributed by atoms with Crippen LogP contribution >= 0.6 is 15.9 Å².